The van der Waals surface area contributed by atoms with E-state index in [0.717, 1.165) is 4.57 Å². The van der Waals surface area contributed by atoms with Gasteiger partial charge < -0.3 is 14.9 Å². The Morgan fingerprint density at radius 3 is 2.52 bits per heavy atom. The Hall–Kier alpha value is -3.51. The molecule has 1 heterocycles. The quantitative estimate of drug-likeness (QED) is 0.591. The van der Waals surface area contributed by atoms with Crippen molar-refractivity contribution in [3.63, 3.8) is 0 Å². The third-order valence-electron chi connectivity index (χ3n) is 3.74. The van der Waals surface area contributed by atoms with Crippen LogP contribution in [0.15, 0.2) is 39.3 Å². The van der Waals surface area contributed by atoms with Crippen LogP contribution in [0.3, 0.4) is 0 Å². The molecule has 0 fully saturated rings. The molecule has 0 saturated carbocycles. The van der Waals surface area contributed by atoms with Crippen molar-refractivity contribution in [2.75, 3.05) is 13.2 Å². The molecule has 0 bridgehead atoms. The molecule has 2 rings (SSSR count). The highest BCUT2D eigenvalue weighted by Gasteiger charge is 2.18. The SMILES string of the molecule is CCOC(=O)c1ccc(N=Nc2c(C)c(C#N)c(O)n(CCO)c2=O)cc1. The van der Waals surface area contributed by atoms with Crippen molar-refractivity contribution < 1.29 is 19.7 Å². The summed E-state index contributed by atoms with van der Waals surface area (Å²) in [5.41, 5.74) is 0.00350. The first kappa shape index (κ1) is 19.8. The molecule has 1 aromatic heterocycles. The molecule has 0 amide bonds. The van der Waals surface area contributed by atoms with Crippen molar-refractivity contribution in [2.45, 2.75) is 20.4 Å². The molecule has 0 atom stereocenters. The number of aromatic hydroxyl groups is 1. The van der Waals surface area contributed by atoms with Gasteiger partial charge in [-0.1, -0.05) is 0 Å². The number of rotatable bonds is 6. The van der Waals surface area contributed by atoms with E-state index < -0.39 is 24.0 Å². The Bertz CT molecular complexity index is 971. The number of carbonyl (C=O) groups excluding carboxylic acids is 1. The van der Waals surface area contributed by atoms with Crippen molar-refractivity contribution in [3.05, 3.63) is 51.3 Å². The van der Waals surface area contributed by atoms with Gasteiger partial charge in [0.2, 0.25) is 5.88 Å². The lowest BCUT2D eigenvalue weighted by atomic mass is 10.1. The lowest BCUT2D eigenvalue weighted by molar-refractivity contribution is 0.0526. The van der Waals surface area contributed by atoms with Gasteiger partial charge in [-0.15, -0.1) is 5.11 Å². The lowest BCUT2D eigenvalue weighted by Gasteiger charge is -2.11. The summed E-state index contributed by atoms with van der Waals surface area (Å²) in [5.74, 6) is -0.979. The van der Waals surface area contributed by atoms with Crippen molar-refractivity contribution in [2.24, 2.45) is 10.2 Å². The van der Waals surface area contributed by atoms with Gasteiger partial charge in [-0.2, -0.15) is 10.4 Å². The van der Waals surface area contributed by atoms with Crippen LogP contribution in [0.1, 0.15) is 28.4 Å². The number of nitriles is 1. The number of aliphatic hydroxyl groups is 1. The number of ether oxygens (including phenoxy) is 1. The van der Waals surface area contributed by atoms with E-state index in [1.807, 2.05) is 6.07 Å². The van der Waals surface area contributed by atoms with Gasteiger partial charge in [0.1, 0.15) is 11.6 Å². The molecule has 0 aliphatic heterocycles. The van der Waals surface area contributed by atoms with E-state index in [0.29, 0.717) is 11.3 Å². The minimum atomic E-state index is -0.676. The van der Waals surface area contributed by atoms with Crippen molar-refractivity contribution >= 4 is 17.3 Å². The number of azo groups is 1. The van der Waals surface area contributed by atoms with Crippen LogP contribution in [0.5, 0.6) is 5.88 Å². The maximum Gasteiger partial charge on any atom is 0.338 e. The molecular formula is C18H18N4O5. The second kappa shape index (κ2) is 8.73. The van der Waals surface area contributed by atoms with Crippen LogP contribution >= 0.6 is 0 Å². The number of esters is 1. The average molecular weight is 370 g/mol. The number of pyridine rings is 1. The van der Waals surface area contributed by atoms with E-state index in [2.05, 4.69) is 10.2 Å². The molecule has 0 aliphatic rings. The van der Waals surface area contributed by atoms with Crippen LogP contribution in [-0.4, -0.2) is 34.0 Å². The highest BCUT2D eigenvalue weighted by Crippen LogP contribution is 2.26. The maximum atomic E-state index is 12.5. The van der Waals surface area contributed by atoms with Gasteiger partial charge in [0.25, 0.3) is 5.56 Å². The number of aromatic nitrogens is 1. The lowest BCUT2D eigenvalue weighted by Crippen LogP contribution is -2.23. The van der Waals surface area contributed by atoms with Crippen LogP contribution in [0.2, 0.25) is 0 Å². The first-order chi connectivity index (χ1) is 12.9. The molecule has 27 heavy (non-hydrogen) atoms. The van der Waals surface area contributed by atoms with Crippen molar-refractivity contribution in [1.29, 1.82) is 5.26 Å². The predicted molar refractivity (Wildman–Crippen MR) is 95.5 cm³/mol. The normalized spacial score (nSPS) is 10.7. The highest BCUT2D eigenvalue weighted by atomic mass is 16.5. The molecule has 9 heteroatoms. The maximum absolute atomic E-state index is 12.5. The van der Waals surface area contributed by atoms with Gasteiger partial charge in [-0.3, -0.25) is 9.36 Å². The fourth-order valence-electron chi connectivity index (χ4n) is 2.35. The van der Waals surface area contributed by atoms with E-state index in [9.17, 15) is 20.0 Å². The van der Waals surface area contributed by atoms with E-state index in [-0.39, 0.29) is 30.0 Å². The fraction of sp³-hybridized carbons (Fsp3) is 0.278. The topological polar surface area (TPSA) is 137 Å². The number of benzene rings is 1. The van der Waals surface area contributed by atoms with Gasteiger partial charge in [0, 0.05) is 5.56 Å². The molecule has 0 unspecified atom stereocenters. The van der Waals surface area contributed by atoms with Gasteiger partial charge in [-0.25, -0.2) is 4.79 Å². The first-order valence-electron chi connectivity index (χ1n) is 8.10. The summed E-state index contributed by atoms with van der Waals surface area (Å²) >= 11 is 0. The minimum absolute atomic E-state index is 0.116. The zero-order valence-corrected chi connectivity index (χ0v) is 14.8. The Balaban J connectivity index is 2.42. The predicted octanol–water partition coefficient (Wildman–Crippen LogP) is 2.32. The van der Waals surface area contributed by atoms with Gasteiger partial charge in [-0.05, 0) is 38.1 Å². The summed E-state index contributed by atoms with van der Waals surface area (Å²) in [6, 6.07) is 7.91. The molecule has 9 nitrogen and oxygen atoms in total. The third kappa shape index (κ3) is 4.19. The van der Waals surface area contributed by atoms with Crippen LogP contribution in [0.4, 0.5) is 11.4 Å². The zero-order valence-electron chi connectivity index (χ0n) is 14.8. The largest absolute Gasteiger partial charge is 0.493 e. The molecule has 0 radical (unpaired) electrons. The second-order valence-electron chi connectivity index (χ2n) is 5.43. The standard InChI is InChI=1S/C18H18N4O5/c1-3-27-18(26)12-4-6-13(7-5-12)20-21-15-11(2)14(10-19)16(24)22(8-9-23)17(15)25/h4-7,23-24H,3,8-9H2,1-2H3. The molecular weight excluding hydrogens is 352 g/mol. The summed E-state index contributed by atoms with van der Waals surface area (Å²) in [6.45, 7) is 2.87. The molecule has 0 saturated heterocycles. The second-order valence-corrected chi connectivity index (χ2v) is 5.43. The monoisotopic (exact) mass is 370 g/mol. The summed E-state index contributed by atoms with van der Waals surface area (Å²) in [4.78, 5) is 24.1. The van der Waals surface area contributed by atoms with Crippen LogP contribution in [0, 0.1) is 18.3 Å². The summed E-state index contributed by atoms with van der Waals surface area (Å²) in [5, 5.41) is 36.2. The average Bonchev–Trinajstić information content (AvgIpc) is 2.66. The Labute approximate surface area is 154 Å². The van der Waals surface area contributed by atoms with E-state index >= 15 is 0 Å². The van der Waals surface area contributed by atoms with Crippen LogP contribution in [-0.2, 0) is 11.3 Å². The fourth-order valence-corrected chi connectivity index (χ4v) is 2.35. The number of hydrogen-bond acceptors (Lipinski definition) is 8. The third-order valence-corrected chi connectivity index (χ3v) is 3.74. The number of hydrogen-bond donors (Lipinski definition) is 2. The summed E-state index contributed by atoms with van der Waals surface area (Å²) in [6.07, 6.45) is 0. The Morgan fingerprint density at radius 2 is 1.96 bits per heavy atom. The number of aliphatic hydroxyl groups excluding tert-OH is 1. The summed E-state index contributed by atoms with van der Waals surface area (Å²) < 4.78 is 5.75. The van der Waals surface area contributed by atoms with E-state index in [4.69, 9.17) is 9.84 Å². The van der Waals surface area contributed by atoms with Crippen LogP contribution < -0.4 is 5.56 Å². The highest BCUT2D eigenvalue weighted by molar-refractivity contribution is 5.89. The smallest absolute Gasteiger partial charge is 0.338 e. The Morgan fingerprint density at radius 1 is 1.30 bits per heavy atom. The molecule has 0 spiro atoms. The molecule has 140 valence electrons. The van der Waals surface area contributed by atoms with Gasteiger partial charge in [0.05, 0.1) is 31.0 Å². The molecule has 2 aromatic rings. The van der Waals surface area contributed by atoms with Crippen molar-refractivity contribution in [1.82, 2.24) is 4.57 Å². The zero-order chi connectivity index (χ0) is 20.0. The van der Waals surface area contributed by atoms with Gasteiger partial charge in [0.15, 0.2) is 5.69 Å². The van der Waals surface area contributed by atoms with Crippen LogP contribution in [0.25, 0.3) is 0 Å². The molecule has 2 N–H and O–H groups in total. The Kier molecular flexibility index (Phi) is 6.41. The van der Waals surface area contributed by atoms with Gasteiger partial charge >= 0.3 is 5.97 Å². The van der Waals surface area contributed by atoms with Crippen molar-refractivity contribution in [3.8, 4) is 11.9 Å². The van der Waals surface area contributed by atoms with E-state index in [1.54, 1.807) is 6.92 Å². The molecule has 0 aliphatic carbocycles. The first-order valence-corrected chi connectivity index (χ1v) is 8.10. The number of carbonyl (C=O) groups is 1. The summed E-state index contributed by atoms with van der Waals surface area (Å²) in [7, 11) is 0. The minimum Gasteiger partial charge on any atom is -0.493 e. The number of nitrogens with zero attached hydrogens (tertiary/aromatic N) is 4. The molecule has 1 aromatic carbocycles. The van der Waals surface area contributed by atoms with E-state index in [1.165, 1.54) is 31.2 Å².